The number of hydrogen-bond acceptors (Lipinski definition) is 4. The molecule has 1 aliphatic heterocycles. The number of anilines is 1. The number of carbonyl (C=O) groups excluding carboxylic acids is 2. The van der Waals surface area contributed by atoms with Crippen LogP contribution in [0.15, 0.2) is 24.3 Å². The number of nitrogens with one attached hydrogen (secondary N) is 3. The van der Waals surface area contributed by atoms with Crippen LogP contribution in [0.5, 0.6) is 0 Å². The number of rotatable bonds is 5. The number of hydrogen-bond donors (Lipinski definition) is 4. The molecule has 0 bridgehead atoms. The van der Waals surface area contributed by atoms with Crippen LogP contribution in [-0.2, 0) is 4.79 Å². The molecule has 6 heteroatoms. The number of benzene rings is 1. The monoisotopic (exact) mass is 276 g/mol. The van der Waals surface area contributed by atoms with Gasteiger partial charge in [0.05, 0.1) is 11.3 Å². The van der Waals surface area contributed by atoms with Gasteiger partial charge in [-0.15, -0.1) is 0 Å². The molecule has 1 heterocycles. The molecule has 2 rings (SSSR count). The van der Waals surface area contributed by atoms with Crippen LogP contribution in [-0.4, -0.2) is 23.9 Å². The van der Waals surface area contributed by atoms with Gasteiger partial charge in [0.2, 0.25) is 5.91 Å². The summed E-state index contributed by atoms with van der Waals surface area (Å²) in [5.41, 5.74) is 12.1. The zero-order chi connectivity index (χ0) is 14.5. The molecule has 5 N–H and O–H groups in total. The van der Waals surface area contributed by atoms with E-state index in [1.165, 1.54) is 0 Å². The zero-order valence-electron chi connectivity index (χ0n) is 11.5. The molecule has 0 radical (unpaired) electrons. The highest BCUT2D eigenvalue weighted by Crippen LogP contribution is 2.16. The van der Waals surface area contributed by atoms with Gasteiger partial charge in [-0.2, -0.15) is 0 Å². The van der Waals surface area contributed by atoms with Gasteiger partial charge in [-0.3, -0.25) is 15.0 Å². The maximum absolute atomic E-state index is 12.2. The SMILES string of the molecule is CCCC1CC(C(=O)Nc2ccccc2C(N)=O)NN1. The summed E-state index contributed by atoms with van der Waals surface area (Å²) >= 11 is 0. The maximum atomic E-state index is 12.2. The Morgan fingerprint density at radius 2 is 2.10 bits per heavy atom. The van der Waals surface area contributed by atoms with Crippen molar-refractivity contribution in [3.63, 3.8) is 0 Å². The Balaban J connectivity index is 2.00. The van der Waals surface area contributed by atoms with E-state index in [2.05, 4.69) is 23.1 Å². The lowest BCUT2D eigenvalue weighted by Gasteiger charge is -2.12. The van der Waals surface area contributed by atoms with E-state index < -0.39 is 5.91 Å². The first kappa shape index (κ1) is 14.5. The van der Waals surface area contributed by atoms with Crippen LogP contribution in [0.2, 0.25) is 0 Å². The molecule has 0 aromatic heterocycles. The molecule has 0 aliphatic carbocycles. The van der Waals surface area contributed by atoms with Crippen LogP contribution in [0.4, 0.5) is 5.69 Å². The van der Waals surface area contributed by atoms with E-state index >= 15 is 0 Å². The summed E-state index contributed by atoms with van der Waals surface area (Å²) in [7, 11) is 0. The second kappa shape index (κ2) is 6.49. The number of nitrogens with two attached hydrogens (primary N) is 1. The summed E-state index contributed by atoms with van der Waals surface area (Å²) in [4.78, 5) is 23.5. The summed E-state index contributed by atoms with van der Waals surface area (Å²) in [6.45, 7) is 2.11. The fourth-order valence-electron chi connectivity index (χ4n) is 2.36. The fraction of sp³-hybridized carbons (Fsp3) is 0.429. The van der Waals surface area contributed by atoms with Gasteiger partial charge < -0.3 is 11.1 Å². The van der Waals surface area contributed by atoms with Crippen LogP contribution < -0.4 is 21.9 Å². The Labute approximate surface area is 118 Å². The van der Waals surface area contributed by atoms with Gasteiger partial charge in [-0.1, -0.05) is 25.5 Å². The molecule has 6 nitrogen and oxygen atoms in total. The lowest BCUT2D eigenvalue weighted by Crippen LogP contribution is -2.40. The van der Waals surface area contributed by atoms with Crippen LogP contribution in [0.25, 0.3) is 0 Å². The molecule has 2 atom stereocenters. The van der Waals surface area contributed by atoms with Crippen molar-refractivity contribution in [3.8, 4) is 0 Å². The average Bonchev–Trinajstić information content (AvgIpc) is 2.88. The second-order valence-corrected chi connectivity index (χ2v) is 4.96. The van der Waals surface area contributed by atoms with Crippen molar-refractivity contribution in [2.75, 3.05) is 5.32 Å². The van der Waals surface area contributed by atoms with Crippen molar-refractivity contribution in [2.24, 2.45) is 5.73 Å². The molecule has 108 valence electrons. The van der Waals surface area contributed by atoms with E-state index in [9.17, 15) is 9.59 Å². The fourth-order valence-corrected chi connectivity index (χ4v) is 2.36. The van der Waals surface area contributed by atoms with E-state index in [1.54, 1.807) is 24.3 Å². The molecule has 1 aliphatic rings. The topological polar surface area (TPSA) is 96.2 Å². The minimum absolute atomic E-state index is 0.162. The third-order valence-corrected chi connectivity index (χ3v) is 3.39. The number of amides is 2. The molecule has 0 spiro atoms. The standard InChI is InChI=1S/C14H20N4O2/c1-2-5-9-8-12(18-17-9)14(20)16-11-7-4-3-6-10(11)13(15)19/h3-4,6-7,9,12,17-18H,2,5,8H2,1H3,(H2,15,19)(H,16,20). The van der Waals surface area contributed by atoms with Crippen molar-refractivity contribution < 1.29 is 9.59 Å². The van der Waals surface area contributed by atoms with Crippen LogP contribution in [0, 0.1) is 0 Å². The smallest absolute Gasteiger partial charge is 0.250 e. The number of carbonyl (C=O) groups is 2. The number of para-hydroxylation sites is 1. The molecule has 1 aromatic rings. The Bertz CT molecular complexity index is 504. The molecule has 2 amide bonds. The maximum Gasteiger partial charge on any atom is 0.250 e. The lowest BCUT2D eigenvalue weighted by molar-refractivity contribution is -0.117. The molecule has 0 saturated carbocycles. The Hall–Kier alpha value is -1.92. The van der Waals surface area contributed by atoms with E-state index in [0.717, 1.165) is 19.3 Å². The van der Waals surface area contributed by atoms with Crippen LogP contribution >= 0.6 is 0 Å². The lowest BCUT2D eigenvalue weighted by atomic mass is 10.1. The second-order valence-electron chi connectivity index (χ2n) is 4.96. The molecular weight excluding hydrogens is 256 g/mol. The van der Waals surface area contributed by atoms with Crippen molar-refractivity contribution >= 4 is 17.5 Å². The molecule has 1 fully saturated rings. The minimum Gasteiger partial charge on any atom is -0.366 e. The summed E-state index contributed by atoms with van der Waals surface area (Å²) < 4.78 is 0. The van der Waals surface area contributed by atoms with Crippen LogP contribution in [0.1, 0.15) is 36.5 Å². The van der Waals surface area contributed by atoms with Gasteiger partial charge in [0.25, 0.3) is 5.91 Å². The summed E-state index contributed by atoms with van der Waals surface area (Å²) in [6, 6.07) is 6.74. The third kappa shape index (κ3) is 3.34. The summed E-state index contributed by atoms with van der Waals surface area (Å²) in [6.07, 6.45) is 2.82. The third-order valence-electron chi connectivity index (χ3n) is 3.39. The van der Waals surface area contributed by atoms with Crippen molar-refractivity contribution in [1.29, 1.82) is 0 Å². The van der Waals surface area contributed by atoms with Gasteiger partial charge >= 0.3 is 0 Å². The van der Waals surface area contributed by atoms with Crippen molar-refractivity contribution in [3.05, 3.63) is 29.8 Å². The van der Waals surface area contributed by atoms with Crippen molar-refractivity contribution in [1.82, 2.24) is 10.9 Å². The Kier molecular flexibility index (Phi) is 4.70. The van der Waals surface area contributed by atoms with Crippen molar-refractivity contribution in [2.45, 2.75) is 38.3 Å². The molecule has 1 aromatic carbocycles. The van der Waals surface area contributed by atoms with E-state index in [-0.39, 0.29) is 11.9 Å². The minimum atomic E-state index is -0.553. The Morgan fingerprint density at radius 3 is 2.80 bits per heavy atom. The van der Waals surface area contributed by atoms with Crippen LogP contribution in [0.3, 0.4) is 0 Å². The summed E-state index contributed by atoms with van der Waals surface area (Å²) in [5, 5.41) is 2.75. The van der Waals surface area contributed by atoms with E-state index in [1.807, 2.05) is 0 Å². The predicted octanol–water partition coefficient (Wildman–Crippen LogP) is 0.759. The first-order chi connectivity index (χ1) is 9.61. The van der Waals surface area contributed by atoms with Gasteiger partial charge in [-0.25, -0.2) is 5.43 Å². The largest absolute Gasteiger partial charge is 0.366 e. The molecule has 1 saturated heterocycles. The molecule has 2 unspecified atom stereocenters. The zero-order valence-corrected chi connectivity index (χ0v) is 11.5. The normalized spacial score (nSPS) is 21.6. The summed E-state index contributed by atoms with van der Waals surface area (Å²) in [5.74, 6) is -0.716. The average molecular weight is 276 g/mol. The highest BCUT2D eigenvalue weighted by Gasteiger charge is 2.29. The number of hydrazine groups is 1. The highest BCUT2D eigenvalue weighted by molar-refractivity contribution is 6.04. The highest BCUT2D eigenvalue weighted by atomic mass is 16.2. The quantitative estimate of drug-likeness (QED) is 0.638. The molecular formula is C14H20N4O2. The van der Waals surface area contributed by atoms with Gasteiger partial charge in [0.1, 0.15) is 6.04 Å². The van der Waals surface area contributed by atoms with Gasteiger partial charge in [0, 0.05) is 6.04 Å². The molecule has 20 heavy (non-hydrogen) atoms. The van der Waals surface area contributed by atoms with E-state index in [0.29, 0.717) is 17.3 Å². The first-order valence-corrected chi connectivity index (χ1v) is 6.82. The predicted molar refractivity (Wildman–Crippen MR) is 77.0 cm³/mol. The van der Waals surface area contributed by atoms with Gasteiger partial charge in [0.15, 0.2) is 0 Å². The first-order valence-electron chi connectivity index (χ1n) is 6.82. The van der Waals surface area contributed by atoms with E-state index in [4.69, 9.17) is 5.73 Å². The van der Waals surface area contributed by atoms with Gasteiger partial charge in [-0.05, 0) is 25.0 Å². The Morgan fingerprint density at radius 1 is 1.35 bits per heavy atom. The number of primary amides is 1.